The Balaban J connectivity index is 1.69. The number of anilines is 1. The molecule has 0 saturated heterocycles. The second-order valence-corrected chi connectivity index (χ2v) is 12.9. The molecule has 1 saturated carbocycles. The molecule has 0 aromatic heterocycles. The highest BCUT2D eigenvalue weighted by Crippen LogP contribution is 2.29. The van der Waals surface area contributed by atoms with E-state index in [2.05, 4.69) is 5.32 Å². The lowest BCUT2D eigenvalue weighted by molar-refractivity contribution is -0.139. The van der Waals surface area contributed by atoms with E-state index < -0.39 is 28.5 Å². The van der Waals surface area contributed by atoms with Crippen molar-refractivity contribution in [2.75, 3.05) is 10.8 Å². The Morgan fingerprint density at radius 1 is 0.878 bits per heavy atom. The summed E-state index contributed by atoms with van der Waals surface area (Å²) in [5.74, 6) is -0.669. The molecule has 0 radical (unpaired) electrons. The first-order chi connectivity index (χ1) is 19.6. The SMILES string of the molecule is Cc1ccc(S(=O)(=O)N(CC(=O)N(Cc2ccccc2)C(C)C(=O)NC2CCCCC2)c2cccc(C)c2C)cc1. The van der Waals surface area contributed by atoms with Crippen LogP contribution in [0.25, 0.3) is 0 Å². The third-order valence-corrected chi connectivity index (χ3v) is 9.82. The summed E-state index contributed by atoms with van der Waals surface area (Å²) in [6.07, 6.45) is 5.19. The predicted octanol–water partition coefficient (Wildman–Crippen LogP) is 5.67. The van der Waals surface area contributed by atoms with Gasteiger partial charge < -0.3 is 10.2 Å². The molecule has 8 heteroatoms. The maximum Gasteiger partial charge on any atom is 0.264 e. The van der Waals surface area contributed by atoms with Crippen molar-refractivity contribution in [1.29, 1.82) is 0 Å². The van der Waals surface area contributed by atoms with Crippen LogP contribution in [0.3, 0.4) is 0 Å². The third kappa shape index (κ3) is 7.36. The van der Waals surface area contributed by atoms with E-state index in [1.807, 2.05) is 57.2 Å². The lowest BCUT2D eigenvalue weighted by Crippen LogP contribution is -2.53. The van der Waals surface area contributed by atoms with Crippen LogP contribution in [0.2, 0.25) is 0 Å². The number of carbonyl (C=O) groups excluding carboxylic acids is 2. The van der Waals surface area contributed by atoms with E-state index in [-0.39, 0.29) is 23.4 Å². The smallest absolute Gasteiger partial charge is 0.264 e. The van der Waals surface area contributed by atoms with Gasteiger partial charge in [-0.25, -0.2) is 8.42 Å². The van der Waals surface area contributed by atoms with E-state index in [0.29, 0.717) is 5.69 Å². The summed E-state index contributed by atoms with van der Waals surface area (Å²) in [4.78, 5) is 29.2. The summed E-state index contributed by atoms with van der Waals surface area (Å²) in [6, 6.07) is 20.8. The predicted molar refractivity (Wildman–Crippen MR) is 163 cm³/mol. The Kier molecular flexibility index (Phi) is 9.86. The van der Waals surface area contributed by atoms with Gasteiger partial charge in [-0.3, -0.25) is 13.9 Å². The van der Waals surface area contributed by atoms with Gasteiger partial charge in [0, 0.05) is 12.6 Å². The quantitative estimate of drug-likeness (QED) is 0.337. The van der Waals surface area contributed by atoms with Gasteiger partial charge in [0.05, 0.1) is 10.6 Å². The fraction of sp³-hybridized carbons (Fsp3) is 0.394. The van der Waals surface area contributed by atoms with Crippen molar-refractivity contribution in [2.24, 2.45) is 0 Å². The molecule has 4 rings (SSSR count). The zero-order valence-electron chi connectivity index (χ0n) is 24.5. The fourth-order valence-electron chi connectivity index (χ4n) is 5.29. The summed E-state index contributed by atoms with van der Waals surface area (Å²) in [5.41, 5.74) is 3.93. The minimum atomic E-state index is -4.09. The zero-order valence-corrected chi connectivity index (χ0v) is 25.3. The van der Waals surface area contributed by atoms with Crippen molar-refractivity contribution in [3.05, 3.63) is 95.1 Å². The van der Waals surface area contributed by atoms with E-state index in [1.54, 1.807) is 43.3 Å². The number of sulfonamides is 1. The highest BCUT2D eigenvalue weighted by molar-refractivity contribution is 7.92. The minimum absolute atomic E-state index is 0.0979. The van der Waals surface area contributed by atoms with Crippen LogP contribution in [0.15, 0.2) is 77.7 Å². The number of rotatable bonds is 10. The summed E-state index contributed by atoms with van der Waals surface area (Å²) in [7, 11) is -4.09. The highest BCUT2D eigenvalue weighted by atomic mass is 32.2. The van der Waals surface area contributed by atoms with Gasteiger partial charge in [-0.15, -0.1) is 0 Å². The molecule has 0 bridgehead atoms. The Labute approximate surface area is 244 Å². The van der Waals surface area contributed by atoms with E-state index in [0.717, 1.165) is 47.9 Å². The first kappa shape index (κ1) is 30.3. The second-order valence-electron chi connectivity index (χ2n) is 11.1. The summed E-state index contributed by atoms with van der Waals surface area (Å²) in [6.45, 7) is 7.13. The molecule has 0 aliphatic heterocycles. The maximum atomic E-state index is 14.1. The standard InChI is InChI=1S/C33H41N3O4S/c1-24-18-20-30(21-19-24)41(39,40)36(31-17-11-12-25(2)26(31)3)23-32(37)35(22-28-13-7-5-8-14-28)27(4)33(38)34-29-15-9-6-10-16-29/h5,7-8,11-14,17-21,27,29H,6,9-10,15-16,22-23H2,1-4H3,(H,34,38). The van der Waals surface area contributed by atoms with Crippen LogP contribution >= 0.6 is 0 Å². The summed E-state index contributed by atoms with van der Waals surface area (Å²) >= 11 is 0. The summed E-state index contributed by atoms with van der Waals surface area (Å²) < 4.78 is 29.3. The number of nitrogens with zero attached hydrogens (tertiary/aromatic N) is 2. The lowest BCUT2D eigenvalue weighted by Gasteiger charge is -2.33. The van der Waals surface area contributed by atoms with Crippen molar-refractivity contribution in [3.8, 4) is 0 Å². The van der Waals surface area contributed by atoms with Gasteiger partial charge >= 0.3 is 0 Å². The molecular formula is C33H41N3O4S. The second kappa shape index (κ2) is 13.3. The molecule has 0 heterocycles. The summed E-state index contributed by atoms with van der Waals surface area (Å²) in [5, 5.41) is 3.14. The van der Waals surface area contributed by atoms with Crippen LogP contribution in [0.5, 0.6) is 0 Å². The van der Waals surface area contributed by atoms with Crippen LogP contribution in [0, 0.1) is 20.8 Å². The van der Waals surface area contributed by atoms with Gasteiger partial charge in [0.2, 0.25) is 11.8 Å². The molecule has 1 aliphatic carbocycles. The first-order valence-corrected chi connectivity index (χ1v) is 15.8. The van der Waals surface area contributed by atoms with Crippen LogP contribution in [-0.2, 0) is 26.2 Å². The number of nitrogens with one attached hydrogen (secondary N) is 1. The average molecular weight is 576 g/mol. The van der Waals surface area contributed by atoms with Gasteiger partial charge in [0.15, 0.2) is 0 Å². The Morgan fingerprint density at radius 2 is 1.54 bits per heavy atom. The number of aryl methyl sites for hydroxylation is 2. The molecular weight excluding hydrogens is 534 g/mol. The van der Waals surface area contributed by atoms with Gasteiger partial charge in [0.25, 0.3) is 10.0 Å². The Hall–Kier alpha value is -3.65. The largest absolute Gasteiger partial charge is 0.352 e. The Morgan fingerprint density at radius 3 is 2.20 bits per heavy atom. The number of amides is 2. The van der Waals surface area contributed by atoms with Crippen LogP contribution in [-0.4, -0.2) is 43.8 Å². The highest BCUT2D eigenvalue weighted by Gasteiger charge is 2.33. The average Bonchev–Trinajstić information content (AvgIpc) is 2.97. The van der Waals surface area contributed by atoms with Gasteiger partial charge in [-0.1, -0.05) is 79.4 Å². The molecule has 7 nitrogen and oxygen atoms in total. The monoisotopic (exact) mass is 575 g/mol. The third-order valence-electron chi connectivity index (χ3n) is 8.05. The van der Waals surface area contributed by atoms with E-state index in [4.69, 9.17) is 0 Å². The zero-order chi connectivity index (χ0) is 29.6. The van der Waals surface area contributed by atoms with Crippen LogP contribution in [0.4, 0.5) is 5.69 Å². The number of carbonyl (C=O) groups is 2. The van der Waals surface area contributed by atoms with E-state index in [1.165, 1.54) is 15.6 Å². The Bertz CT molecular complexity index is 1450. The van der Waals surface area contributed by atoms with Crippen molar-refractivity contribution < 1.29 is 18.0 Å². The van der Waals surface area contributed by atoms with Crippen LogP contribution < -0.4 is 9.62 Å². The number of hydrogen-bond donors (Lipinski definition) is 1. The lowest BCUT2D eigenvalue weighted by atomic mass is 9.95. The van der Waals surface area contributed by atoms with Crippen molar-refractivity contribution in [2.45, 2.75) is 83.3 Å². The normalized spacial score (nSPS) is 14.7. The molecule has 2 amide bonds. The van der Waals surface area contributed by atoms with Gasteiger partial charge in [-0.05, 0) is 75.4 Å². The maximum absolute atomic E-state index is 14.1. The van der Waals surface area contributed by atoms with Crippen LogP contribution in [0.1, 0.15) is 61.3 Å². The molecule has 1 aliphatic rings. The molecule has 0 spiro atoms. The molecule has 1 unspecified atom stereocenters. The molecule has 1 atom stereocenters. The van der Waals surface area contributed by atoms with E-state index >= 15 is 0 Å². The van der Waals surface area contributed by atoms with Crippen molar-refractivity contribution in [3.63, 3.8) is 0 Å². The molecule has 1 N–H and O–H groups in total. The van der Waals surface area contributed by atoms with E-state index in [9.17, 15) is 18.0 Å². The van der Waals surface area contributed by atoms with Crippen molar-refractivity contribution in [1.82, 2.24) is 10.2 Å². The number of hydrogen-bond acceptors (Lipinski definition) is 4. The number of benzene rings is 3. The van der Waals surface area contributed by atoms with Gasteiger partial charge in [0.1, 0.15) is 12.6 Å². The van der Waals surface area contributed by atoms with Crippen molar-refractivity contribution >= 4 is 27.5 Å². The topological polar surface area (TPSA) is 86.8 Å². The van der Waals surface area contributed by atoms with Gasteiger partial charge in [-0.2, -0.15) is 0 Å². The molecule has 218 valence electrons. The minimum Gasteiger partial charge on any atom is -0.352 e. The fourth-order valence-corrected chi connectivity index (χ4v) is 6.76. The first-order valence-electron chi connectivity index (χ1n) is 14.4. The molecule has 1 fully saturated rings. The molecule has 3 aromatic rings. The molecule has 3 aromatic carbocycles. The molecule has 41 heavy (non-hydrogen) atoms.